The Morgan fingerprint density at radius 3 is 2.78 bits per heavy atom. The van der Waals surface area contributed by atoms with Gasteiger partial charge in [0.25, 0.3) is 0 Å². The molecule has 1 aliphatic rings. The maximum atomic E-state index is 9.41. The van der Waals surface area contributed by atoms with Gasteiger partial charge in [-0.15, -0.1) is 0 Å². The normalized spacial score (nSPS) is 21.0. The maximum absolute atomic E-state index is 9.41. The van der Waals surface area contributed by atoms with Crippen molar-refractivity contribution in [3.05, 3.63) is 54.1 Å². The molecule has 23 heavy (non-hydrogen) atoms. The predicted molar refractivity (Wildman–Crippen MR) is 94.1 cm³/mol. The molecule has 0 amide bonds. The lowest BCUT2D eigenvalue weighted by atomic mass is 9.99. The third-order valence-electron chi connectivity index (χ3n) is 4.21. The molecule has 122 valence electrons. The maximum Gasteiger partial charge on any atom is 0.170 e. The van der Waals surface area contributed by atoms with Crippen molar-refractivity contribution < 1.29 is 5.11 Å². The Balaban J connectivity index is 1.99. The summed E-state index contributed by atoms with van der Waals surface area (Å²) in [5, 5.41) is 13.4. The van der Waals surface area contributed by atoms with Gasteiger partial charge in [-0.05, 0) is 49.8 Å². The van der Waals surface area contributed by atoms with Crippen molar-refractivity contribution in [2.24, 2.45) is 0 Å². The predicted octanol–water partition coefficient (Wildman–Crippen LogP) is 2.43. The van der Waals surface area contributed by atoms with Crippen molar-refractivity contribution >= 4 is 17.3 Å². The minimum Gasteiger partial charge on any atom is -0.395 e. The van der Waals surface area contributed by atoms with E-state index in [-0.39, 0.29) is 18.7 Å². The van der Waals surface area contributed by atoms with Crippen LogP contribution >= 0.6 is 12.2 Å². The summed E-state index contributed by atoms with van der Waals surface area (Å²) >= 11 is 5.49. The monoisotopic (exact) mass is 330 g/mol. The van der Waals surface area contributed by atoms with Crippen LogP contribution in [0, 0.1) is 0 Å². The standard InChI is InChI=1S/C17H22N4OS/c1-12(2)20-8-6-13(11-20)16-15(14-5-3-4-7-18-14)19-17(23)21(16)9-10-22/h3-8,11-12,15-16,22H,9-10H2,1-2H3,(H,19,23). The number of thiocarbonyl (C=S) groups is 1. The number of aliphatic hydroxyl groups is 1. The van der Waals surface area contributed by atoms with Crippen LogP contribution in [-0.2, 0) is 0 Å². The van der Waals surface area contributed by atoms with E-state index < -0.39 is 0 Å². The Labute approximate surface area is 142 Å². The van der Waals surface area contributed by atoms with E-state index in [1.165, 1.54) is 5.56 Å². The van der Waals surface area contributed by atoms with Gasteiger partial charge in [-0.3, -0.25) is 4.98 Å². The molecule has 3 heterocycles. The van der Waals surface area contributed by atoms with Crippen molar-refractivity contribution in [1.29, 1.82) is 0 Å². The van der Waals surface area contributed by atoms with Gasteiger partial charge in [-0.25, -0.2) is 0 Å². The quantitative estimate of drug-likeness (QED) is 0.825. The molecule has 6 heteroatoms. The summed E-state index contributed by atoms with van der Waals surface area (Å²) in [5.74, 6) is 0. The van der Waals surface area contributed by atoms with Crippen LogP contribution in [0.4, 0.5) is 0 Å². The molecule has 5 nitrogen and oxygen atoms in total. The van der Waals surface area contributed by atoms with Gasteiger partial charge in [0, 0.05) is 31.2 Å². The summed E-state index contributed by atoms with van der Waals surface area (Å²) in [4.78, 5) is 6.54. The fourth-order valence-corrected chi connectivity index (χ4v) is 3.38. The number of β-amino-alcohol motifs (C(OH)–C–C–N with tert-alkyl or cyclic N) is 1. The molecule has 2 aromatic rings. The molecule has 0 spiro atoms. The minimum atomic E-state index is -0.0155. The molecular weight excluding hydrogens is 308 g/mol. The molecule has 1 fully saturated rings. The summed E-state index contributed by atoms with van der Waals surface area (Å²) < 4.78 is 2.18. The number of aliphatic hydroxyl groups excluding tert-OH is 1. The van der Waals surface area contributed by atoms with E-state index in [1.807, 2.05) is 18.2 Å². The van der Waals surface area contributed by atoms with Crippen LogP contribution in [0.5, 0.6) is 0 Å². The molecule has 1 saturated heterocycles. The van der Waals surface area contributed by atoms with Gasteiger partial charge in [0.1, 0.15) is 0 Å². The Morgan fingerprint density at radius 1 is 1.35 bits per heavy atom. The molecule has 1 aliphatic heterocycles. The van der Waals surface area contributed by atoms with Gasteiger partial charge >= 0.3 is 0 Å². The Hall–Kier alpha value is -1.92. The van der Waals surface area contributed by atoms with Crippen LogP contribution in [0.25, 0.3) is 0 Å². The van der Waals surface area contributed by atoms with Crippen LogP contribution in [0.2, 0.25) is 0 Å². The average molecular weight is 330 g/mol. The number of nitrogens with one attached hydrogen (secondary N) is 1. The lowest BCUT2D eigenvalue weighted by Crippen LogP contribution is -2.32. The first-order chi connectivity index (χ1) is 11.1. The summed E-state index contributed by atoms with van der Waals surface area (Å²) in [6, 6.07) is 8.45. The van der Waals surface area contributed by atoms with Crippen LogP contribution < -0.4 is 5.32 Å². The average Bonchev–Trinajstić information content (AvgIpc) is 3.14. The Morgan fingerprint density at radius 2 is 2.17 bits per heavy atom. The van der Waals surface area contributed by atoms with Crippen molar-refractivity contribution in [1.82, 2.24) is 19.8 Å². The van der Waals surface area contributed by atoms with E-state index in [9.17, 15) is 5.11 Å². The molecule has 0 radical (unpaired) electrons. The zero-order valence-corrected chi connectivity index (χ0v) is 14.2. The highest BCUT2D eigenvalue weighted by atomic mass is 32.1. The van der Waals surface area contributed by atoms with Crippen LogP contribution in [-0.4, -0.2) is 37.8 Å². The van der Waals surface area contributed by atoms with Gasteiger partial charge in [0.15, 0.2) is 5.11 Å². The Bertz CT molecular complexity index is 670. The highest BCUT2D eigenvalue weighted by Crippen LogP contribution is 2.38. The van der Waals surface area contributed by atoms with Crippen LogP contribution in [0.1, 0.15) is 43.2 Å². The number of hydrogen-bond acceptors (Lipinski definition) is 3. The number of nitrogens with zero attached hydrogens (tertiary/aromatic N) is 3. The van der Waals surface area contributed by atoms with E-state index >= 15 is 0 Å². The first-order valence-electron chi connectivity index (χ1n) is 7.88. The first-order valence-corrected chi connectivity index (χ1v) is 8.29. The van der Waals surface area contributed by atoms with Gasteiger partial charge in [0.05, 0.1) is 24.4 Å². The molecule has 0 aliphatic carbocycles. The van der Waals surface area contributed by atoms with Crippen LogP contribution in [0.15, 0.2) is 42.9 Å². The highest BCUT2D eigenvalue weighted by molar-refractivity contribution is 7.80. The van der Waals surface area contributed by atoms with Gasteiger partial charge in [0.2, 0.25) is 0 Å². The molecule has 2 atom stereocenters. The lowest BCUT2D eigenvalue weighted by molar-refractivity contribution is 0.223. The van der Waals surface area contributed by atoms with E-state index in [1.54, 1.807) is 6.20 Å². The topological polar surface area (TPSA) is 53.3 Å². The van der Waals surface area contributed by atoms with E-state index in [0.717, 1.165) is 5.69 Å². The van der Waals surface area contributed by atoms with Gasteiger partial charge < -0.3 is 19.9 Å². The van der Waals surface area contributed by atoms with Crippen molar-refractivity contribution in [3.8, 4) is 0 Å². The highest BCUT2D eigenvalue weighted by Gasteiger charge is 2.39. The van der Waals surface area contributed by atoms with Crippen LogP contribution in [0.3, 0.4) is 0 Å². The molecule has 0 saturated carbocycles. The molecule has 2 unspecified atom stereocenters. The van der Waals surface area contributed by atoms with Crippen molar-refractivity contribution in [3.63, 3.8) is 0 Å². The molecule has 0 aromatic carbocycles. The zero-order chi connectivity index (χ0) is 16.4. The van der Waals surface area contributed by atoms with Crippen molar-refractivity contribution in [2.45, 2.75) is 32.0 Å². The fourth-order valence-electron chi connectivity index (χ4n) is 3.04. The van der Waals surface area contributed by atoms with Gasteiger partial charge in [-0.1, -0.05) is 6.07 Å². The number of aromatic nitrogens is 2. The lowest BCUT2D eigenvalue weighted by Gasteiger charge is -2.26. The third kappa shape index (κ3) is 3.09. The Kier molecular flexibility index (Phi) is 4.63. The third-order valence-corrected chi connectivity index (χ3v) is 4.57. The second-order valence-electron chi connectivity index (χ2n) is 6.03. The molecule has 2 N–H and O–H groups in total. The largest absolute Gasteiger partial charge is 0.395 e. The summed E-state index contributed by atoms with van der Waals surface area (Å²) in [6.07, 6.45) is 6.05. The number of pyridine rings is 1. The second-order valence-corrected chi connectivity index (χ2v) is 6.42. The van der Waals surface area contributed by atoms with Crippen molar-refractivity contribution in [2.75, 3.05) is 13.2 Å². The van der Waals surface area contributed by atoms with E-state index in [2.05, 4.69) is 52.1 Å². The minimum absolute atomic E-state index is 0.0155. The smallest absolute Gasteiger partial charge is 0.170 e. The molecule has 3 rings (SSSR count). The molecule has 2 aromatic heterocycles. The second kappa shape index (κ2) is 6.68. The SMILES string of the molecule is CC(C)n1ccc(C2C(c3ccccn3)NC(=S)N2CCO)c1. The molecular formula is C17H22N4OS. The first kappa shape index (κ1) is 16.0. The number of rotatable bonds is 5. The van der Waals surface area contributed by atoms with E-state index in [4.69, 9.17) is 12.2 Å². The van der Waals surface area contributed by atoms with E-state index in [0.29, 0.717) is 17.7 Å². The zero-order valence-electron chi connectivity index (χ0n) is 13.4. The molecule has 0 bridgehead atoms. The van der Waals surface area contributed by atoms with Gasteiger partial charge in [-0.2, -0.15) is 0 Å². The number of hydrogen-bond donors (Lipinski definition) is 2. The summed E-state index contributed by atoms with van der Waals surface area (Å²) in [7, 11) is 0. The summed E-state index contributed by atoms with van der Waals surface area (Å²) in [5.41, 5.74) is 2.13. The fraction of sp³-hybridized carbons (Fsp3) is 0.412. The summed E-state index contributed by atoms with van der Waals surface area (Å²) in [6.45, 7) is 4.89.